The lowest BCUT2D eigenvalue weighted by Crippen LogP contribution is -2.40. The molecule has 0 aromatic heterocycles. The Labute approximate surface area is 149 Å². The molecule has 3 rings (SSSR count). The number of rotatable bonds is 4. The molecule has 3 nitrogen and oxygen atoms in total. The van der Waals surface area contributed by atoms with Crippen molar-refractivity contribution < 1.29 is 9.59 Å². The molecule has 0 radical (unpaired) electrons. The molecule has 4 heteroatoms. The zero-order valence-corrected chi connectivity index (χ0v) is 15.1. The number of ketones is 1. The standard InChI is InChI=1S/C20H26ClNO2/c1-2-17(21)19(23)16-10-11-18-15(13-16)9-6-12-22(18)20(24)14-7-4-3-5-8-14/h10-11,13-14,17H,2-9,12H2,1H3. The molecular weight excluding hydrogens is 322 g/mol. The minimum atomic E-state index is -0.466. The number of anilines is 1. The second-order valence-electron chi connectivity index (χ2n) is 7.01. The van der Waals surface area contributed by atoms with Crippen LogP contribution in [0.1, 0.15) is 67.8 Å². The van der Waals surface area contributed by atoms with E-state index in [0.29, 0.717) is 12.0 Å². The molecule has 1 saturated carbocycles. The van der Waals surface area contributed by atoms with Gasteiger partial charge in [0.25, 0.3) is 0 Å². The number of benzene rings is 1. The van der Waals surface area contributed by atoms with Gasteiger partial charge < -0.3 is 4.90 Å². The van der Waals surface area contributed by atoms with Crippen molar-refractivity contribution in [1.82, 2.24) is 0 Å². The van der Waals surface area contributed by atoms with Gasteiger partial charge in [0.15, 0.2) is 5.78 Å². The van der Waals surface area contributed by atoms with Crippen molar-refractivity contribution in [2.24, 2.45) is 5.92 Å². The highest BCUT2D eigenvalue weighted by molar-refractivity contribution is 6.33. The fourth-order valence-corrected chi connectivity index (χ4v) is 4.04. The quantitative estimate of drug-likeness (QED) is 0.582. The van der Waals surface area contributed by atoms with Crippen molar-refractivity contribution in [3.05, 3.63) is 29.3 Å². The van der Waals surface area contributed by atoms with Crippen LogP contribution in [0, 0.1) is 5.92 Å². The van der Waals surface area contributed by atoms with Gasteiger partial charge in [-0.2, -0.15) is 0 Å². The van der Waals surface area contributed by atoms with Gasteiger partial charge in [-0.1, -0.05) is 26.2 Å². The van der Waals surface area contributed by atoms with Crippen LogP contribution in [-0.2, 0) is 11.2 Å². The topological polar surface area (TPSA) is 37.4 Å². The summed E-state index contributed by atoms with van der Waals surface area (Å²) < 4.78 is 0. The van der Waals surface area contributed by atoms with Gasteiger partial charge in [0.2, 0.25) is 5.91 Å². The number of carbonyl (C=O) groups excluding carboxylic acids is 2. The molecule has 24 heavy (non-hydrogen) atoms. The number of halogens is 1. The van der Waals surface area contributed by atoms with Gasteiger partial charge in [-0.25, -0.2) is 0 Å². The molecule has 130 valence electrons. The third kappa shape index (κ3) is 3.51. The number of hydrogen-bond donors (Lipinski definition) is 0. The van der Waals surface area contributed by atoms with Crippen LogP contribution in [0.25, 0.3) is 0 Å². The lowest BCUT2D eigenvalue weighted by Gasteiger charge is -2.34. The van der Waals surface area contributed by atoms with E-state index in [1.807, 2.05) is 30.0 Å². The van der Waals surface area contributed by atoms with Gasteiger partial charge in [0.1, 0.15) is 0 Å². The molecule has 0 N–H and O–H groups in total. The van der Waals surface area contributed by atoms with Crippen LogP contribution in [0.2, 0.25) is 0 Å². The minimum Gasteiger partial charge on any atom is -0.312 e. The Kier molecular flexibility index (Phi) is 5.60. The maximum atomic E-state index is 12.9. The molecule has 0 bridgehead atoms. The van der Waals surface area contributed by atoms with Gasteiger partial charge in [0.05, 0.1) is 5.38 Å². The summed E-state index contributed by atoms with van der Waals surface area (Å²) in [6.45, 7) is 2.71. The van der Waals surface area contributed by atoms with Crippen molar-refractivity contribution in [3.8, 4) is 0 Å². The van der Waals surface area contributed by atoms with Gasteiger partial charge in [-0.15, -0.1) is 11.6 Å². The summed E-state index contributed by atoms with van der Waals surface area (Å²) in [5.41, 5.74) is 2.77. The Balaban J connectivity index is 1.83. The van der Waals surface area contributed by atoms with E-state index in [4.69, 9.17) is 11.6 Å². The second kappa shape index (κ2) is 7.69. The van der Waals surface area contributed by atoms with Crippen LogP contribution in [-0.4, -0.2) is 23.6 Å². The highest BCUT2D eigenvalue weighted by Gasteiger charge is 2.30. The lowest BCUT2D eigenvalue weighted by atomic mass is 9.87. The molecule has 1 heterocycles. The van der Waals surface area contributed by atoms with E-state index in [2.05, 4.69) is 0 Å². The molecule has 1 aliphatic carbocycles. The Bertz CT molecular complexity index is 622. The number of fused-ring (bicyclic) bond motifs is 1. The van der Waals surface area contributed by atoms with Gasteiger partial charge >= 0.3 is 0 Å². The fraction of sp³-hybridized carbons (Fsp3) is 0.600. The van der Waals surface area contributed by atoms with Crippen LogP contribution >= 0.6 is 11.6 Å². The molecule has 2 aliphatic rings. The third-order valence-electron chi connectivity index (χ3n) is 5.35. The molecule has 1 fully saturated rings. The molecular formula is C20H26ClNO2. The SMILES string of the molecule is CCC(Cl)C(=O)c1ccc2c(c1)CCCN2C(=O)C1CCCCC1. The fourth-order valence-electron chi connectivity index (χ4n) is 3.92. The van der Waals surface area contributed by atoms with E-state index >= 15 is 0 Å². The number of alkyl halides is 1. The molecule has 1 aromatic rings. The highest BCUT2D eigenvalue weighted by Crippen LogP contribution is 2.33. The predicted molar refractivity (Wildman–Crippen MR) is 98.0 cm³/mol. The van der Waals surface area contributed by atoms with Crippen LogP contribution in [0.15, 0.2) is 18.2 Å². The van der Waals surface area contributed by atoms with Crippen LogP contribution in [0.4, 0.5) is 5.69 Å². The van der Waals surface area contributed by atoms with Crippen LogP contribution < -0.4 is 4.90 Å². The van der Waals surface area contributed by atoms with Crippen molar-refractivity contribution in [3.63, 3.8) is 0 Å². The average molecular weight is 348 g/mol. The van der Waals surface area contributed by atoms with Crippen molar-refractivity contribution in [2.75, 3.05) is 11.4 Å². The number of amides is 1. The summed E-state index contributed by atoms with van der Waals surface area (Å²) in [6, 6.07) is 5.73. The summed E-state index contributed by atoms with van der Waals surface area (Å²) in [4.78, 5) is 27.2. The molecule has 1 amide bonds. The summed E-state index contributed by atoms with van der Waals surface area (Å²) in [6.07, 6.45) is 8.13. The van der Waals surface area contributed by atoms with E-state index in [0.717, 1.165) is 43.5 Å². The molecule has 1 aliphatic heterocycles. The maximum Gasteiger partial charge on any atom is 0.230 e. The zero-order valence-electron chi connectivity index (χ0n) is 14.4. The first kappa shape index (κ1) is 17.5. The number of aryl methyl sites for hydroxylation is 1. The van der Waals surface area contributed by atoms with E-state index < -0.39 is 5.38 Å². The van der Waals surface area contributed by atoms with Crippen LogP contribution in [0.3, 0.4) is 0 Å². The maximum absolute atomic E-state index is 12.9. The first-order chi connectivity index (χ1) is 11.6. The summed E-state index contributed by atoms with van der Waals surface area (Å²) in [5, 5.41) is -0.466. The summed E-state index contributed by atoms with van der Waals surface area (Å²) in [5.74, 6) is 0.439. The van der Waals surface area contributed by atoms with Crippen LogP contribution in [0.5, 0.6) is 0 Å². The van der Waals surface area contributed by atoms with Gasteiger partial charge in [0, 0.05) is 23.7 Å². The van der Waals surface area contributed by atoms with E-state index in [-0.39, 0.29) is 17.6 Å². The Morgan fingerprint density at radius 3 is 2.67 bits per heavy atom. The smallest absolute Gasteiger partial charge is 0.230 e. The second-order valence-corrected chi connectivity index (χ2v) is 7.54. The number of hydrogen-bond acceptors (Lipinski definition) is 2. The Morgan fingerprint density at radius 1 is 1.21 bits per heavy atom. The molecule has 1 unspecified atom stereocenters. The average Bonchev–Trinajstić information content (AvgIpc) is 2.65. The van der Waals surface area contributed by atoms with Crippen molar-refractivity contribution in [1.29, 1.82) is 0 Å². The first-order valence-electron chi connectivity index (χ1n) is 9.24. The minimum absolute atomic E-state index is 0.0160. The molecule has 0 saturated heterocycles. The molecule has 1 atom stereocenters. The number of carbonyl (C=O) groups is 2. The largest absolute Gasteiger partial charge is 0.312 e. The number of nitrogens with zero attached hydrogens (tertiary/aromatic N) is 1. The third-order valence-corrected chi connectivity index (χ3v) is 5.85. The van der Waals surface area contributed by atoms with Crippen molar-refractivity contribution >= 4 is 29.0 Å². The van der Waals surface area contributed by atoms with E-state index in [1.165, 1.54) is 19.3 Å². The van der Waals surface area contributed by atoms with Crippen molar-refractivity contribution in [2.45, 2.75) is 63.7 Å². The summed E-state index contributed by atoms with van der Waals surface area (Å²) in [7, 11) is 0. The number of Topliss-reactive ketones (excluding diaryl/α,β-unsaturated/α-hetero) is 1. The predicted octanol–water partition coefficient (Wildman–Crippen LogP) is 4.75. The van der Waals surface area contributed by atoms with Gasteiger partial charge in [-0.05, 0) is 55.9 Å². The normalized spacial score (nSPS) is 19.7. The van der Waals surface area contributed by atoms with E-state index in [9.17, 15) is 9.59 Å². The molecule has 0 spiro atoms. The lowest BCUT2D eigenvalue weighted by molar-refractivity contribution is -0.123. The first-order valence-corrected chi connectivity index (χ1v) is 9.68. The summed E-state index contributed by atoms with van der Waals surface area (Å²) >= 11 is 6.10. The Hall–Kier alpha value is -1.35. The zero-order chi connectivity index (χ0) is 17.1. The van der Waals surface area contributed by atoms with Gasteiger partial charge in [-0.3, -0.25) is 9.59 Å². The highest BCUT2D eigenvalue weighted by atomic mass is 35.5. The Morgan fingerprint density at radius 2 is 1.96 bits per heavy atom. The molecule has 1 aromatic carbocycles. The van der Waals surface area contributed by atoms with E-state index in [1.54, 1.807) is 0 Å². The monoisotopic (exact) mass is 347 g/mol.